The van der Waals surface area contributed by atoms with Crippen LogP contribution in [0.1, 0.15) is 23.0 Å². The Labute approximate surface area is 137 Å². The van der Waals surface area contributed by atoms with Crippen LogP contribution in [0.2, 0.25) is 0 Å². The van der Waals surface area contributed by atoms with E-state index in [1.165, 1.54) is 29.2 Å². The number of nitrogens with one attached hydrogen (secondary N) is 2. The number of amides is 2. The molecule has 0 saturated carbocycles. The van der Waals surface area contributed by atoms with E-state index < -0.39 is 11.5 Å². The number of likely N-dealkylation sites (N-methyl/N-ethyl adjacent to an activating group) is 1. The lowest BCUT2D eigenvalue weighted by Crippen LogP contribution is -2.40. The molecule has 2 amide bonds. The molecule has 0 spiro atoms. The molecule has 7 nitrogen and oxygen atoms in total. The van der Waals surface area contributed by atoms with Gasteiger partial charge in [0.2, 0.25) is 5.91 Å². The van der Waals surface area contributed by atoms with Crippen LogP contribution in [-0.4, -0.2) is 40.0 Å². The number of carbonyl (C=O) groups is 2. The van der Waals surface area contributed by atoms with E-state index in [1.807, 2.05) is 0 Å². The first-order valence-corrected chi connectivity index (χ1v) is 7.35. The number of aromatic amines is 1. The lowest BCUT2D eigenvalue weighted by atomic mass is 10.2. The van der Waals surface area contributed by atoms with Crippen LogP contribution in [0.3, 0.4) is 0 Å². The minimum absolute atomic E-state index is 0.0581. The number of rotatable bonds is 6. The van der Waals surface area contributed by atoms with Crippen LogP contribution in [0.25, 0.3) is 0 Å². The smallest absolute Gasteiger partial charge is 0.274 e. The second-order valence-corrected chi connectivity index (χ2v) is 5.03. The molecule has 8 heteroatoms. The van der Waals surface area contributed by atoms with E-state index in [0.29, 0.717) is 6.54 Å². The minimum Gasteiger partial charge on any atom is -0.350 e. The van der Waals surface area contributed by atoms with Gasteiger partial charge in [-0.05, 0) is 30.7 Å². The van der Waals surface area contributed by atoms with Crippen molar-refractivity contribution < 1.29 is 14.0 Å². The fourth-order valence-corrected chi connectivity index (χ4v) is 1.98. The first-order chi connectivity index (χ1) is 11.5. The summed E-state index contributed by atoms with van der Waals surface area (Å²) in [7, 11) is 0. The van der Waals surface area contributed by atoms with Gasteiger partial charge in [-0.3, -0.25) is 14.4 Å². The molecule has 0 aliphatic carbocycles. The largest absolute Gasteiger partial charge is 0.350 e. The van der Waals surface area contributed by atoms with Crippen molar-refractivity contribution >= 4 is 11.8 Å². The zero-order valence-corrected chi connectivity index (χ0v) is 13.1. The van der Waals surface area contributed by atoms with Crippen molar-refractivity contribution in [2.24, 2.45) is 0 Å². The summed E-state index contributed by atoms with van der Waals surface area (Å²) in [5, 5.41) is 8.51. The van der Waals surface area contributed by atoms with Crippen molar-refractivity contribution in [2.45, 2.75) is 13.5 Å². The Bertz CT molecular complexity index is 753. The summed E-state index contributed by atoms with van der Waals surface area (Å²) in [4.78, 5) is 36.5. The van der Waals surface area contributed by atoms with Crippen LogP contribution in [0.4, 0.5) is 4.39 Å². The molecule has 0 unspecified atom stereocenters. The third kappa shape index (κ3) is 4.73. The van der Waals surface area contributed by atoms with Gasteiger partial charge in [-0.15, -0.1) is 0 Å². The second-order valence-electron chi connectivity index (χ2n) is 5.03. The van der Waals surface area contributed by atoms with Crippen molar-refractivity contribution in [1.82, 2.24) is 20.4 Å². The molecular formula is C16H17FN4O3. The molecule has 0 saturated heterocycles. The monoisotopic (exact) mass is 332 g/mol. The van der Waals surface area contributed by atoms with Crippen molar-refractivity contribution in [3.63, 3.8) is 0 Å². The van der Waals surface area contributed by atoms with Crippen LogP contribution in [-0.2, 0) is 11.3 Å². The Balaban J connectivity index is 1.92. The molecule has 0 bridgehead atoms. The summed E-state index contributed by atoms with van der Waals surface area (Å²) in [5.74, 6) is -1.15. The molecule has 1 heterocycles. The molecule has 0 fully saturated rings. The highest BCUT2D eigenvalue weighted by Gasteiger charge is 2.18. The van der Waals surface area contributed by atoms with Gasteiger partial charge < -0.3 is 10.2 Å². The minimum atomic E-state index is -0.453. The number of benzene rings is 1. The van der Waals surface area contributed by atoms with E-state index in [9.17, 15) is 18.8 Å². The predicted molar refractivity (Wildman–Crippen MR) is 84.7 cm³/mol. The topological polar surface area (TPSA) is 95.2 Å². The maximum absolute atomic E-state index is 12.8. The van der Waals surface area contributed by atoms with Crippen LogP contribution in [0.15, 0.2) is 41.2 Å². The lowest BCUT2D eigenvalue weighted by molar-refractivity contribution is -0.121. The lowest BCUT2D eigenvalue weighted by Gasteiger charge is -2.19. The van der Waals surface area contributed by atoms with E-state index in [2.05, 4.69) is 15.5 Å². The highest BCUT2D eigenvalue weighted by molar-refractivity contribution is 5.94. The van der Waals surface area contributed by atoms with Gasteiger partial charge in [0, 0.05) is 19.2 Å². The molecule has 0 radical (unpaired) electrons. The molecule has 2 aromatic rings. The summed E-state index contributed by atoms with van der Waals surface area (Å²) in [6.45, 7) is 2.14. The highest BCUT2D eigenvalue weighted by Crippen LogP contribution is 2.03. The fourth-order valence-electron chi connectivity index (χ4n) is 1.98. The molecule has 24 heavy (non-hydrogen) atoms. The Morgan fingerprint density at radius 1 is 1.21 bits per heavy atom. The van der Waals surface area contributed by atoms with Gasteiger partial charge >= 0.3 is 0 Å². The van der Waals surface area contributed by atoms with Crippen molar-refractivity contribution in [3.8, 4) is 0 Å². The third-order valence-corrected chi connectivity index (χ3v) is 3.30. The number of hydrogen-bond acceptors (Lipinski definition) is 4. The Morgan fingerprint density at radius 2 is 1.92 bits per heavy atom. The molecule has 2 rings (SSSR count). The quantitative estimate of drug-likeness (QED) is 0.813. The number of hydrogen-bond donors (Lipinski definition) is 2. The van der Waals surface area contributed by atoms with Crippen molar-refractivity contribution in [1.29, 1.82) is 0 Å². The summed E-state index contributed by atoms with van der Waals surface area (Å²) < 4.78 is 12.8. The van der Waals surface area contributed by atoms with Gasteiger partial charge in [0.25, 0.3) is 11.5 Å². The number of nitrogens with zero attached hydrogens (tertiary/aromatic N) is 2. The number of aromatic nitrogens is 2. The van der Waals surface area contributed by atoms with Crippen molar-refractivity contribution in [2.75, 3.05) is 13.1 Å². The Morgan fingerprint density at radius 3 is 2.50 bits per heavy atom. The van der Waals surface area contributed by atoms with Gasteiger partial charge in [0.05, 0.1) is 6.54 Å². The molecule has 0 aliphatic rings. The molecule has 126 valence electrons. The van der Waals surface area contributed by atoms with Crippen LogP contribution in [0.5, 0.6) is 0 Å². The molecule has 0 aliphatic heterocycles. The van der Waals surface area contributed by atoms with Gasteiger partial charge in [0.15, 0.2) is 0 Å². The van der Waals surface area contributed by atoms with Gasteiger partial charge in [-0.25, -0.2) is 9.49 Å². The van der Waals surface area contributed by atoms with E-state index >= 15 is 0 Å². The van der Waals surface area contributed by atoms with Crippen LogP contribution < -0.4 is 10.9 Å². The maximum Gasteiger partial charge on any atom is 0.274 e. The standard InChI is InChI=1S/C16H17FN4O3/c1-2-21(16(24)13-7-8-14(22)20-19-13)10-15(23)18-9-11-3-5-12(17)6-4-11/h3-8H,2,9-10H2,1H3,(H,18,23)(H,20,22). The normalized spacial score (nSPS) is 10.2. The molecule has 1 aromatic heterocycles. The fraction of sp³-hybridized carbons (Fsp3) is 0.250. The molecule has 2 N–H and O–H groups in total. The van der Waals surface area contributed by atoms with E-state index in [-0.39, 0.29) is 30.5 Å². The third-order valence-electron chi connectivity index (χ3n) is 3.30. The van der Waals surface area contributed by atoms with Crippen molar-refractivity contribution in [3.05, 3.63) is 63.8 Å². The summed E-state index contributed by atoms with van der Waals surface area (Å²) in [6, 6.07) is 8.27. The molecule has 1 aromatic carbocycles. The zero-order valence-electron chi connectivity index (χ0n) is 13.1. The first kappa shape index (κ1) is 17.3. The average Bonchev–Trinajstić information content (AvgIpc) is 2.59. The predicted octanol–water partition coefficient (Wildman–Crippen LogP) is 0.687. The maximum atomic E-state index is 12.8. The zero-order chi connectivity index (χ0) is 17.5. The SMILES string of the molecule is CCN(CC(=O)NCc1ccc(F)cc1)C(=O)c1ccc(=O)[nH]n1. The van der Waals surface area contributed by atoms with Crippen LogP contribution in [0, 0.1) is 5.82 Å². The average molecular weight is 332 g/mol. The first-order valence-electron chi connectivity index (χ1n) is 7.35. The Hall–Kier alpha value is -3.03. The summed E-state index contributed by atoms with van der Waals surface area (Å²) >= 11 is 0. The Kier molecular flexibility index (Phi) is 5.78. The van der Waals surface area contributed by atoms with Gasteiger partial charge in [-0.1, -0.05) is 12.1 Å². The molecular weight excluding hydrogens is 315 g/mol. The second kappa shape index (κ2) is 8.00. The number of carbonyl (C=O) groups excluding carboxylic acids is 2. The van der Waals surface area contributed by atoms with Crippen LogP contribution >= 0.6 is 0 Å². The van der Waals surface area contributed by atoms with E-state index in [4.69, 9.17) is 0 Å². The van der Waals surface area contributed by atoms with Gasteiger partial charge in [0.1, 0.15) is 11.5 Å². The highest BCUT2D eigenvalue weighted by atomic mass is 19.1. The summed E-state index contributed by atoms with van der Waals surface area (Å²) in [5.41, 5.74) is 0.399. The number of halogens is 1. The summed E-state index contributed by atoms with van der Waals surface area (Å²) in [6.07, 6.45) is 0. The van der Waals surface area contributed by atoms with E-state index in [1.54, 1.807) is 19.1 Å². The molecule has 0 atom stereocenters. The van der Waals surface area contributed by atoms with E-state index in [0.717, 1.165) is 5.56 Å². The van der Waals surface area contributed by atoms with Gasteiger partial charge in [-0.2, -0.15) is 5.10 Å². The number of H-pyrrole nitrogens is 1.